The van der Waals surface area contributed by atoms with Crippen LogP contribution in [-0.2, 0) is 132 Å². The number of carbonyl (C=O) groups excluding carboxylic acids is 12. The Hall–Kier alpha value is -9.32. The minimum Gasteiger partial charge on any atom is -0.468 e. The van der Waals surface area contributed by atoms with Gasteiger partial charge in [-0.3, -0.25) is 154 Å². The van der Waals surface area contributed by atoms with Crippen molar-refractivity contribution in [2.45, 2.75) is 201 Å². The number of imide groups is 4. The molecule has 4 aromatic rings. The molecule has 20 N–H and O–H groups in total. The van der Waals surface area contributed by atoms with Crippen LogP contribution < -0.4 is 86.6 Å². The fourth-order valence-electron chi connectivity index (χ4n) is 14.7. The maximum absolute atomic E-state index is 13.6. The average molecular weight is 2200 g/mol. The van der Waals surface area contributed by atoms with E-state index in [0.717, 1.165) is 95.8 Å². The number of rotatable bonds is 40. The predicted octanol–water partition coefficient (Wildman–Crippen LogP) is -7.13. The first-order chi connectivity index (χ1) is 67.1. The summed E-state index contributed by atoms with van der Waals surface area (Å²) in [4.78, 5) is 243. The second-order valence-corrected chi connectivity index (χ2v) is 51.2. The van der Waals surface area contributed by atoms with E-state index in [1.54, 1.807) is 0 Å². The lowest BCUT2D eigenvalue weighted by molar-refractivity contribution is -0.143. The lowest BCUT2D eigenvalue weighted by atomic mass is 9.96. The number of aliphatic hydroxyl groups is 8. The first kappa shape index (κ1) is 118. The van der Waals surface area contributed by atoms with Gasteiger partial charge in [0.2, 0.25) is 47.3 Å². The Bertz CT molecular complexity index is 5460. The largest absolute Gasteiger partial charge is 0.468 e. The SMILES string of the molecule is COC(=O)[C@@H](C)NP(=O)(OC[C@H]1O[C@@H](n2ccc(=O)[nH]c2=O)[C@](C)(O)[C@@H]1O)SCC1CC(=O)NC1=O.COC(=O)[C@@H](C)N[P@@](=O)(OC[C@H]1O[C@@H](n2ccc(=O)[nH]c2=O)[C@](C)(O)[C@@H]1O)SCC1CC(=O)NC1=O.COC(=O)[C@@H](C)N[P@@](=O)(OC[C@H]1O[C@@H](n2ccc(=O)[nH]c2=O)[C@](C)(O)[C@@H]1O)SCC1CC(=O)NC1=O.COC(=O)[C@@H](C)N[P@](=O)(OC[C@H]1O[C@@H](n2ccc(=O)[nH]c2=O)[C@](C)(O)[C@@H]1O)SCC1CC(=O)NC1=O. The van der Waals surface area contributed by atoms with E-state index >= 15 is 0 Å². The molecule has 8 saturated heterocycles. The molecule has 5 unspecified atom stereocenters. The monoisotopic (exact) mass is 2200 g/mol. The molecule has 4 aromatic heterocycles. The number of H-pyrrole nitrogens is 4. The van der Waals surface area contributed by atoms with Crippen LogP contribution >= 0.6 is 72.4 Å². The number of hydrogen-bond donors (Lipinski definition) is 20. The number of ether oxygens (including phenoxy) is 8. The molecule has 28 atom stereocenters. The van der Waals surface area contributed by atoms with Crippen molar-refractivity contribution in [1.29, 1.82) is 0 Å². The first-order valence-electron chi connectivity index (χ1n) is 42.9. The third-order valence-corrected chi connectivity index (χ3v) is 39.5. The second-order valence-electron chi connectivity index (χ2n) is 34.0. The fraction of sp³-hybridized carbons (Fsp3) is 0.632. The summed E-state index contributed by atoms with van der Waals surface area (Å²) in [5, 5.41) is 104. The van der Waals surface area contributed by atoms with E-state index < -0.39 is 313 Å². The summed E-state index contributed by atoms with van der Waals surface area (Å²) in [5.74, 6) is -10.4. The summed E-state index contributed by atoms with van der Waals surface area (Å²) >= 11 is 2.70. The number of nitrogens with zero attached hydrogens (tertiary/aromatic N) is 4. The minimum atomic E-state index is -3.98. The van der Waals surface area contributed by atoms with Crippen LogP contribution in [0.5, 0.6) is 0 Å². The van der Waals surface area contributed by atoms with Crippen molar-refractivity contribution in [3.63, 3.8) is 0 Å². The van der Waals surface area contributed by atoms with Crippen molar-refractivity contribution in [2.75, 3.05) is 77.9 Å². The highest BCUT2D eigenvalue weighted by molar-refractivity contribution is 8.57. The van der Waals surface area contributed by atoms with Crippen LogP contribution in [0.4, 0.5) is 0 Å². The van der Waals surface area contributed by atoms with E-state index in [1.807, 2.05) is 19.9 Å². The van der Waals surface area contributed by atoms with Crippen LogP contribution in [0.2, 0.25) is 0 Å². The van der Waals surface area contributed by atoms with E-state index in [4.69, 9.17) is 37.0 Å². The summed E-state index contributed by atoms with van der Waals surface area (Å²) in [5.41, 5.74) is -14.3. The van der Waals surface area contributed by atoms with E-state index in [0.29, 0.717) is 45.5 Å². The number of carbonyl (C=O) groups is 12. The lowest BCUT2D eigenvalue weighted by Crippen LogP contribution is -2.46. The van der Waals surface area contributed by atoms with Crippen LogP contribution in [0.1, 0.15) is 106 Å². The molecule has 60 nitrogen and oxygen atoms in total. The molecular weight excluding hydrogens is 2090 g/mol. The van der Waals surface area contributed by atoms with E-state index in [1.165, 1.54) is 55.4 Å². The normalized spacial score (nSPS) is 30.6. The Morgan fingerprint density at radius 1 is 0.354 bits per heavy atom. The van der Waals surface area contributed by atoms with Crippen molar-refractivity contribution in [3.05, 3.63) is 132 Å². The molecule has 0 spiro atoms. The zero-order valence-electron chi connectivity index (χ0n) is 78.1. The summed E-state index contributed by atoms with van der Waals surface area (Å²) < 4.78 is 121. The van der Waals surface area contributed by atoms with Crippen LogP contribution in [0.25, 0.3) is 0 Å². The van der Waals surface area contributed by atoms with Gasteiger partial charge in [0, 0.05) is 97.7 Å². The molecule has 12 heterocycles. The summed E-state index contributed by atoms with van der Waals surface area (Å²) in [6.45, 7) is -7.85. The minimum absolute atomic E-state index is 0.0864. The lowest BCUT2D eigenvalue weighted by Gasteiger charge is -2.27. The predicted molar refractivity (Wildman–Crippen MR) is 495 cm³/mol. The summed E-state index contributed by atoms with van der Waals surface area (Å²) in [6.07, 6.45) is -13.3. The molecule has 68 heteroatoms. The maximum atomic E-state index is 13.6. The Morgan fingerprint density at radius 2 is 0.528 bits per heavy atom. The highest BCUT2D eigenvalue weighted by atomic mass is 32.7. The third kappa shape index (κ3) is 29.6. The van der Waals surface area contributed by atoms with Gasteiger partial charge < -0.3 is 96.8 Å². The van der Waals surface area contributed by atoms with Gasteiger partial charge in [0.15, 0.2) is 24.9 Å². The Morgan fingerprint density at radius 3 is 0.674 bits per heavy atom. The van der Waals surface area contributed by atoms with Crippen molar-refractivity contribution in [1.82, 2.24) is 79.8 Å². The third-order valence-electron chi connectivity index (χ3n) is 22.7. The maximum Gasteiger partial charge on any atom is 0.330 e. The molecule has 144 heavy (non-hydrogen) atoms. The molecule has 0 bridgehead atoms. The molecule has 8 aliphatic heterocycles. The quantitative estimate of drug-likeness (QED) is 0.00851. The molecule has 0 radical (unpaired) electrons. The van der Waals surface area contributed by atoms with Crippen molar-refractivity contribution >= 4 is 144 Å². The number of nitrogens with one attached hydrogen (secondary N) is 12. The van der Waals surface area contributed by atoms with Gasteiger partial charge in [-0.15, -0.1) is 0 Å². The van der Waals surface area contributed by atoms with Crippen molar-refractivity contribution in [2.24, 2.45) is 23.7 Å². The van der Waals surface area contributed by atoms with Gasteiger partial charge in [-0.05, 0) is 55.4 Å². The van der Waals surface area contributed by atoms with E-state index in [-0.39, 0.29) is 48.7 Å². The van der Waals surface area contributed by atoms with E-state index in [9.17, 15) is 155 Å². The molecule has 8 fully saturated rings. The topological polar surface area (TPSA) is 861 Å². The summed E-state index contributed by atoms with van der Waals surface area (Å²) in [7, 11) is 4.55. The average Bonchev–Trinajstić information content (AvgIpc) is 1.62. The number of hydrogen-bond acceptors (Lipinski definition) is 48. The molecule has 8 amide bonds. The number of methoxy groups -OCH3 is 4. The zero-order chi connectivity index (χ0) is 107. The molecule has 0 saturated carbocycles. The Kier molecular flexibility index (Phi) is 40.4. The van der Waals surface area contributed by atoms with Crippen LogP contribution in [-0.4, -0.2) is 323 Å². The Labute approximate surface area is 827 Å². The molecule has 12 rings (SSSR count). The number of esters is 4. The van der Waals surface area contributed by atoms with Gasteiger partial charge in [0.05, 0.1) is 78.5 Å². The standard InChI is InChI=1S/4C19H27N4O11PS/c4*1-9(16(28)32-3)22-35(31,36-8-10-6-13(25)20-15(10)27)33-7-11-14(26)19(2,30)17(34-11)23-5-4-12(24)21-18(23)29/h4*4-5,9-11,14,17,26,30H,6-8H2,1-3H3,(H,22,31)(H,20,25,27)(H,21,24,29)/t9-,10?,11-,14-,17-,19-,35?;9-,10?,11-,14-,17-,19-,35+;2*9-,10?,11-,14-,17-,19-,35-/m1111/s1. The highest BCUT2D eigenvalue weighted by Crippen LogP contribution is 2.62. The van der Waals surface area contributed by atoms with Gasteiger partial charge in [0.25, 0.3) is 22.2 Å². The molecule has 800 valence electrons. The molecule has 0 aromatic carbocycles. The zero-order valence-corrected chi connectivity index (χ0v) is 85.0. The fourth-order valence-corrected chi connectivity index (χ4v) is 30.8. The van der Waals surface area contributed by atoms with Crippen LogP contribution in [0.15, 0.2) is 87.4 Å². The van der Waals surface area contributed by atoms with Gasteiger partial charge in [-0.2, -0.15) is 0 Å². The smallest absolute Gasteiger partial charge is 0.330 e. The van der Waals surface area contributed by atoms with Gasteiger partial charge in [0.1, 0.15) is 95.4 Å². The van der Waals surface area contributed by atoms with Crippen LogP contribution in [0.3, 0.4) is 0 Å². The van der Waals surface area contributed by atoms with Gasteiger partial charge >= 0.3 is 73.5 Å². The van der Waals surface area contributed by atoms with Gasteiger partial charge in [-0.25, -0.2) is 39.5 Å². The molecule has 0 aliphatic carbocycles. The van der Waals surface area contributed by atoms with Crippen molar-refractivity contribution < 1.29 is 173 Å². The molecular formula is C76H108N16O44P4S4. The van der Waals surface area contributed by atoms with Crippen molar-refractivity contribution in [3.8, 4) is 0 Å². The highest BCUT2D eigenvalue weighted by Gasteiger charge is 2.59. The number of amides is 8. The summed E-state index contributed by atoms with van der Waals surface area (Å²) in [6, 6.07) is -0.216. The van der Waals surface area contributed by atoms with Crippen LogP contribution in [0, 0.1) is 23.7 Å². The second kappa shape index (κ2) is 49.2. The molecule has 8 aliphatic rings. The van der Waals surface area contributed by atoms with Gasteiger partial charge in [-0.1, -0.05) is 45.5 Å². The Balaban J connectivity index is 0.000000214. The number of aromatic amines is 4. The number of aliphatic hydroxyl groups excluding tert-OH is 4. The number of aromatic nitrogens is 8. The first-order valence-corrected chi connectivity index (χ1v) is 55.8. The van der Waals surface area contributed by atoms with E-state index in [2.05, 4.69) is 60.6 Å².